The number of alkyl halides is 3. The van der Waals surface area contributed by atoms with Crippen molar-refractivity contribution in [3.05, 3.63) is 76.7 Å². The lowest BCUT2D eigenvalue weighted by molar-refractivity contribution is -0.137. The molecule has 0 bridgehead atoms. The summed E-state index contributed by atoms with van der Waals surface area (Å²) >= 11 is 0. The predicted molar refractivity (Wildman–Crippen MR) is 87.7 cm³/mol. The van der Waals surface area contributed by atoms with Crippen LogP contribution in [0, 0.1) is 6.92 Å². The Hall–Kier alpha value is -1.92. The zero-order valence-corrected chi connectivity index (χ0v) is 13.8. The summed E-state index contributed by atoms with van der Waals surface area (Å²) in [7, 11) is -1.48. The van der Waals surface area contributed by atoms with Gasteiger partial charge in [-0.3, -0.25) is 0 Å². The van der Waals surface area contributed by atoms with E-state index < -0.39 is 28.6 Å². The highest BCUT2D eigenvalue weighted by atomic mass is 32.2. The van der Waals surface area contributed by atoms with Crippen molar-refractivity contribution >= 4 is 10.8 Å². The molecule has 6 heteroatoms. The van der Waals surface area contributed by atoms with Gasteiger partial charge in [0, 0.05) is 16.2 Å². The highest BCUT2D eigenvalue weighted by Gasteiger charge is 2.30. The molecule has 0 amide bonds. The van der Waals surface area contributed by atoms with Crippen molar-refractivity contribution in [2.75, 3.05) is 0 Å². The average Bonchev–Trinajstić information content (AvgIpc) is 2.54. The van der Waals surface area contributed by atoms with Gasteiger partial charge in [-0.1, -0.05) is 36.4 Å². The molecule has 2 rings (SSSR count). The monoisotopic (exact) mass is 354 g/mol. The largest absolute Gasteiger partial charge is 0.416 e. The van der Waals surface area contributed by atoms with E-state index in [1.807, 2.05) is 19.1 Å². The molecule has 0 fully saturated rings. The molecular weight excluding hydrogens is 337 g/mol. The van der Waals surface area contributed by atoms with Crippen molar-refractivity contribution in [1.29, 1.82) is 0 Å². The molecule has 0 aliphatic carbocycles. The van der Waals surface area contributed by atoms with Crippen molar-refractivity contribution < 1.29 is 22.5 Å². The summed E-state index contributed by atoms with van der Waals surface area (Å²) in [6.07, 6.45) is -5.47. The SMILES string of the molecule is C=C(C[C@@H](O)c1ccc(C(F)(F)F)cc1)S(=O)c1ccc(C)cc1. The summed E-state index contributed by atoms with van der Waals surface area (Å²) in [5.41, 5.74) is 0.580. The normalized spacial score (nSPS) is 14.2. The second kappa shape index (κ2) is 7.32. The summed E-state index contributed by atoms with van der Waals surface area (Å²) in [6.45, 7) is 5.65. The fraction of sp³-hybridized carbons (Fsp3) is 0.222. The lowest BCUT2D eigenvalue weighted by Gasteiger charge is -2.14. The molecule has 24 heavy (non-hydrogen) atoms. The molecular formula is C18H17F3O2S. The molecule has 1 unspecified atom stereocenters. The molecule has 2 aromatic rings. The molecule has 0 aliphatic rings. The van der Waals surface area contributed by atoms with Crippen LogP contribution in [-0.4, -0.2) is 9.32 Å². The Bertz CT molecular complexity index is 734. The second-order valence-corrected chi connectivity index (χ2v) is 7.05. The van der Waals surface area contributed by atoms with Gasteiger partial charge < -0.3 is 5.11 Å². The van der Waals surface area contributed by atoms with E-state index in [0.717, 1.165) is 17.7 Å². The van der Waals surface area contributed by atoms with Crippen LogP contribution in [-0.2, 0) is 17.0 Å². The Morgan fingerprint density at radius 2 is 1.67 bits per heavy atom. The summed E-state index contributed by atoms with van der Waals surface area (Å²) in [5, 5.41) is 10.1. The summed E-state index contributed by atoms with van der Waals surface area (Å²) in [4.78, 5) is 0.886. The number of benzene rings is 2. The Labute approximate surface area is 141 Å². The van der Waals surface area contributed by atoms with Gasteiger partial charge in [-0.05, 0) is 36.8 Å². The Morgan fingerprint density at radius 3 is 2.17 bits per heavy atom. The minimum absolute atomic E-state index is 0.00581. The lowest BCUT2D eigenvalue weighted by atomic mass is 10.0. The molecule has 128 valence electrons. The van der Waals surface area contributed by atoms with Crippen LogP contribution in [0.1, 0.15) is 29.2 Å². The van der Waals surface area contributed by atoms with Crippen molar-refractivity contribution in [3.8, 4) is 0 Å². The van der Waals surface area contributed by atoms with Gasteiger partial charge in [-0.15, -0.1) is 0 Å². The van der Waals surface area contributed by atoms with Crippen LogP contribution >= 0.6 is 0 Å². The van der Waals surface area contributed by atoms with E-state index in [-0.39, 0.29) is 6.42 Å². The number of aryl methyl sites for hydroxylation is 1. The number of aliphatic hydroxyl groups excluding tert-OH is 1. The minimum atomic E-state index is -4.42. The van der Waals surface area contributed by atoms with Gasteiger partial charge in [0.1, 0.15) is 0 Å². The highest BCUT2D eigenvalue weighted by Crippen LogP contribution is 2.31. The van der Waals surface area contributed by atoms with Crippen LogP contribution in [0.3, 0.4) is 0 Å². The van der Waals surface area contributed by atoms with E-state index in [1.54, 1.807) is 12.1 Å². The average molecular weight is 354 g/mol. The van der Waals surface area contributed by atoms with E-state index in [0.29, 0.717) is 15.4 Å². The maximum Gasteiger partial charge on any atom is 0.416 e. The highest BCUT2D eigenvalue weighted by molar-refractivity contribution is 7.89. The van der Waals surface area contributed by atoms with Gasteiger partial charge in [0.15, 0.2) is 0 Å². The fourth-order valence-corrected chi connectivity index (χ4v) is 3.16. The lowest BCUT2D eigenvalue weighted by Crippen LogP contribution is -2.06. The molecule has 0 heterocycles. The van der Waals surface area contributed by atoms with Gasteiger partial charge in [0.2, 0.25) is 0 Å². The van der Waals surface area contributed by atoms with Gasteiger partial charge in [-0.25, -0.2) is 4.21 Å². The van der Waals surface area contributed by atoms with Crippen molar-refractivity contribution in [1.82, 2.24) is 0 Å². The molecule has 2 aromatic carbocycles. The maximum atomic E-state index is 12.5. The molecule has 2 nitrogen and oxygen atoms in total. The van der Waals surface area contributed by atoms with Crippen LogP contribution in [0.15, 0.2) is 64.9 Å². The van der Waals surface area contributed by atoms with Gasteiger partial charge in [0.25, 0.3) is 0 Å². The van der Waals surface area contributed by atoms with Crippen LogP contribution in [0.5, 0.6) is 0 Å². The first-order valence-electron chi connectivity index (χ1n) is 7.20. The smallest absolute Gasteiger partial charge is 0.388 e. The van der Waals surface area contributed by atoms with E-state index in [9.17, 15) is 22.5 Å². The van der Waals surface area contributed by atoms with Crippen molar-refractivity contribution in [2.45, 2.75) is 30.5 Å². The van der Waals surface area contributed by atoms with Crippen LogP contribution in [0.2, 0.25) is 0 Å². The van der Waals surface area contributed by atoms with Crippen molar-refractivity contribution in [2.24, 2.45) is 0 Å². The van der Waals surface area contributed by atoms with Crippen LogP contribution in [0.4, 0.5) is 13.2 Å². The topological polar surface area (TPSA) is 37.3 Å². The zero-order chi connectivity index (χ0) is 17.9. The summed E-state index contributed by atoms with van der Waals surface area (Å²) < 4.78 is 50.0. The number of halogens is 3. The molecule has 0 radical (unpaired) electrons. The number of rotatable bonds is 5. The van der Waals surface area contributed by atoms with Gasteiger partial charge >= 0.3 is 6.18 Å². The summed E-state index contributed by atoms with van der Waals surface area (Å²) in [5.74, 6) is 0. The number of hydrogen-bond acceptors (Lipinski definition) is 2. The maximum absolute atomic E-state index is 12.5. The predicted octanol–water partition coefficient (Wildman–Crippen LogP) is 4.76. The number of aliphatic hydroxyl groups is 1. The molecule has 0 spiro atoms. The summed E-state index contributed by atoms with van der Waals surface area (Å²) in [6, 6.07) is 11.4. The van der Waals surface area contributed by atoms with Gasteiger partial charge in [-0.2, -0.15) is 13.2 Å². The van der Waals surface area contributed by atoms with E-state index in [1.165, 1.54) is 12.1 Å². The van der Waals surface area contributed by atoms with Crippen molar-refractivity contribution in [3.63, 3.8) is 0 Å². The minimum Gasteiger partial charge on any atom is -0.388 e. The molecule has 0 aromatic heterocycles. The van der Waals surface area contributed by atoms with E-state index in [4.69, 9.17) is 0 Å². The first-order chi connectivity index (χ1) is 11.2. The molecule has 2 atom stereocenters. The van der Waals surface area contributed by atoms with E-state index in [2.05, 4.69) is 6.58 Å². The Balaban J connectivity index is 2.05. The number of hydrogen-bond donors (Lipinski definition) is 1. The second-order valence-electron chi connectivity index (χ2n) is 5.46. The zero-order valence-electron chi connectivity index (χ0n) is 13.0. The van der Waals surface area contributed by atoms with Gasteiger partial charge in [0.05, 0.1) is 22.5 Å². The Morgan fingerprint density at radius 1 is 1.12 bits per heavy atom. The van der Waals surface area contributed by atoms with Crippen LogP contribution < -0.4 is 0 Å². The third-order valence-corrected chi connectivity index (χ3v) is 4.93. The molecule has 0 saturated heterocycles. The molecule has 0 saturated carbocycles. The first kappa shape index (κ1) is 18.4. The molecule has 1 N–H and O–H groups in total. The van der Waals surface area contributed by atoms with E-state index >= 15 is 0 Å². The van der Waals surface area contributed by atoms with Crippen LogP contribution in [0.25, 0.3) is 0 Å². The first-order valence-corrected chi connectivity index (χ1v) is 8.35. The quantitative estimate of drug-likeness (QED) is 0.841. The third kappa shape index (κ3) is 4.55. The Kier molecular flexibility index (Phi) is 5.62. The third-order valence-electron chi connectivity index (χ3n) is 3.54. The standard InChI is InChI=1S/C18H17F3O2S/c1-12-3-9-16(10-4-12)24(23)13(2)11-17(22)14-5-7-15(8-6-14)18(19,20)21/h3-10,17,22H,2,11H2,1H3/t17-,24?/m1/s1. The molecule has 0 aliphatic heterocycles. The fourth-order valence-electron chi connectivity index (χ4n) is 2.13.